The number of carbonyl (C=O) groups excluding carboxylic acids is 1. The van der Waals surface area contributed by atoms with E-state index >= 15 is 0 Å². The van der Waals surface area contributed by atoms with E-state index < -0.39 is 18.5 Å². The third-order valence-corrected chi connectivity index (χ3v) is 6.52. The van der Waals surface area contributed by atoms with E-state index in [-0.39, 0.29) is 36.5 Å². The van der Waals surface area contributed by atoms with Gasteiger partial charge in [-0.3, -0.25) is 4.79 Å². The first-order chi connectivity index (χ1) is 18.9. The van der Waals surface area contributed by atoms with E-state index in [4.69, 9.17) is 19.9 Å². The molecule has 8 nitrogen and oxygen atoms in total. The van der Waals surface area contributed by atoms with Gasteiger partial charge in [0.05, 0.1) is 26.2 Å². The molecule has 224 valence electrons. The van der Waals surface area contributed by atoms with Crippen LogP contribution < -0.4 is 25.3 Å². The molecule has 0 aliphatic rings. The van der Waals surface area contributed by atoms with Crippen LogP contribution in [0.4, 0.5) is 13.2 Å². The third-order valence-electron chi connectivity index (χ3n) is 6.52. The van der Waals surface area contributed by atoms with E-state index in [1.165, 1.54) is 12.1 Å². The first-order valence-electron chi connectivity index (χ1n) is 13.3. The lowest BCUT2D eigenvalue weighted by atomic mass is 9.83. The standard InChI is InChI=1S/C29H41F3N2O6/c1-19(2)22(14-21-8-11-26(38-4)27(15-21)39-13-5-12-37-3)17-24(33)25(35)18-34-28(36)16-20-6-9-23(10-7-20)40-29(30,31)32/h6-11,15,19,22,24-25,35H,5,12-14,16-18,33H2,1-4H3,(H,34,36)/t22-,24-,25-/m0/s1. The number of ether oxygens (including phenoxy) is 4. The average Bonchev–Trinajstić information content (AvgIpc) is 2.89. The van der Waals surface area contributed by atoms with E-state index in [1.807, 2.05) is 18.2 Å². The molecule has 0 saturated carbocycles. The molecule has 2 aromatic carbocycles. The van der Waals surface area contributed by atoms with Gasteiger partial charge in [-0.2, -0.15) is 0 Å². The predicted molar refractivity (Wildman–Crippen MR) is 145 cm³/mol. The highest BCUT2D eigenvalue weighted by molar-refractivity contribution is 5.78. The summed E-state index contributed by atoms with van der Waals surface area (Å²) < 4.78 is 57.1. The van der Waals surface area contributed by atoms with Crippen molar-refractivity contribution in [3.05, 3.63) is 53.6 Å². The highest BCUT2D eigenvalue weighted by Crippen LogP contribution is 2.31. The van der Waals surface area contributed by atoms with Crippen molar-refractivity contribution < 1.29 is 42.0 Å². The van der Waals surface area contributed by atoms with Crippen molar-refractivity contribution in [2.45, 2.75) is 58.0 Å². The number of hydrogen-bond donors (Lipinski definition) is 3. The molecule has 0 aliphatic carbocycles. The maximum atomic E-state index is 12.3. The summed E-state index contributed by atoms with van der Waals surface area (Å²) in [6.07, 6.45) is -3.80. The highest BCUT2D eigenvalue weighted by Gasteiger charge is 2.31. The second-order valence-corrected chi connectivity index (χ2v) is 10.0. The molecule has 1 amide bonds. The third kappa shape index (κ3) is 12.0. The van der Waals surface area contributed by atoms with Crippen LogP contribution >= 0.6 is 0 Å². The van der Waals surface area contributed by atoms with Gasteiger partial charge in [-0.05, 0) is 60.1 Å². The SMILES string of the molecule is COCCCOc1cc(C[C@@H](C[C@H](N)[C@@H](O)CNC(=O)Cc2ccc(OC(F)(F)F)cc2)C(C)C)ccc1OC. The fourth-order valence-corrected chi connectivity index (χ4v) is 4.17. The predicted octanol–water partition coefficient (Wildman–Crippen LogP) is 4.26. The summed E-state index contributed by atoms with van der Waals surface area (Å²) >= 11 is 0. The van der Waals surface area contributed by atoms with Crippen LogP contribution in [0.15, 0.2) is 42.5 Å². The molecule has 2 rings (SSSR count). The smallest absolute Gasteiger partial charge is 0.493 e. The number of carbonyl (C=O) groups is 1. The maximum Gasteiger partial charge on any atom is 0.573 e. The Morgan fingerprint density at radius 3 is 2.30 bits per heavy atom. The molecule has 2 aromatic rings. The Morgan fingerprint density at radius 1 is 1.02 bits per heavy atom. The van der Waals surface area contributed by atoms with Crippen LogP contribution in [0.2, 0.25) is 0 Å². The van der Waals surface area contributed by atoms with Crippen LogP contribution in [-0.4, -0.2) is 63.5 Å². The number of amides is 1. The fraction of sp³-hybridized carbons (Fsp3) is 0.552. The lowest BCUT2D eigenvalue weighted by Crippen LogP contribution is -2.45. The lowest BCUT2D eigenvalue weighted by molar-refractivity contribution is -0.274. The summed E-state index contributed by atoms with van der Waals surface area (Å²) in [6, 6.07) is 10.3. The first kappa shape index (κ1) is 33.2. The van der Waals surface area contributed by atoms with E-state index in [1.54, 1.807) is 14.2 Å². The van der Waals surface area contributed by atoms with Gasteiger partial charge in [0.15, 0.2) is 11.5 Å². The molecular weight excluding hydrogens is 529 g/mol. The van der Waals surface area contributed by atoms with Crippen molar-refractivity contribution in [1.29, 1.82) is 0 Å². The van der Waals surface area contributed by atoms with Gasteiger partial charge in [0.25, 0.3) is 0 Å². The zero-order chi connectivity index (χ0) is 29.7. The summed E-state index contributed by atoms with van der Waals surface area (Å²) in [5.74, 6) is 1.01. The van der Waals surface area contributed by atoms with Gasteiger partial charge in [-0.25, -0.2) is 0 Å². The van der Waals surface area contributed by atoms with Crippen molar-refractivity contribution in [1.82, 2.24) is 5.32 Å². The van der Waals surface area contributed by atoms with Crippen LogP contribution in [0.1, 0.15) is 37.8 Å². The Kier molecular flexibility index (Phi) is 13.5. The number of aliphatic hydroxyl groups is 1. The summed E-state index contributed by atoms with van der Waals surface area (Å²) in [7, 11) is 3.24. The maximum absolute atomic E-state index is 12.3. The number of nitrogens with one attached hydrogen (secondary N) is 1. The topological polar surface area (TPSA) is 112 Å². The number of rotatable bonds is 17. The largest absolute Gasteiger partial charge is 0.573 e. The first-order valence-corrected chi connectivity index (χ1v) is 13.3. The van der Waals surface area contributed by atoms with Crippen LogP contribution in [0, 0.1) is 11.8 Å². The molecule has 0 bridgehead atoms. The molecule has 0 aliphatic heterocycles. The van der Waals surface area contributed by atoms with Crippen molar-refractivity contribution in [2.75, 3.05) is 34.0 Å². The number of methoxy groups -OCH3 is 2. The monoisotopic (exact) mass is 570 g/mol. The Balaban J connectivity index is 1.88. The van der Waals surface area contributed by atoms with Gasteiger partial charge in [-0.15, -0.1) is 13.2 Å². The minimum Gasteiger partial charge on any atom is -0.493 e. The van der Waals surface area contributed by atoms with Crippen molar-refractivity contribution in [3.8, 4) is 17.2 Å². The number of nitrogens with two attached hydrogens (primary N) is 1. The van der Waals surface area contributed by atoms with E-state index in [0.717, 1.165) is 30.5 Å². The zero-order valence-electron chi connectivity index (χ0n) is 23.5. The van der Waals surface area contributed by atoms with Crippen LogP contribution in [0.5, 0.6) is 17.2 Å². The van der Waals surface area contributed by atoms with Gasteiger partial charge in [0, 0.05) is 32.7 Å². The van der Waals surface area contributed by atoms with Crippen LogP contribution in [-0.2, 0) is 22.4 Å². The van der Waals surface area contributed by atoms with E-state index in [0.29, 0.717) is 36.7 Å². The average molecular weight is 571 g/mol. The molecule has 0 aromatic heterocycles. The Bertz CT molecular complexity index is 1030. The zero-order valence-corrected chi connectivity index (χ0v) is 23.5. The van der Waals surface area contributed by atoms with Gasteiger partial charge in [0.2, 0.25) is 5.91 Å². The van der Waals surface area contributed by atoms with Gasteiger partial charge < -0.3 is 35.1 Å². The number of hydrogen-bond acceptors (Lipinski definition) is 7. The minimum atomic E-state index is -4.78. The fourth-order valence-electron chi connectivity index (χ4n) is 4.17. The molecule has 40 heavy (non-hydrogen) atoms. The van der Waals surface area contributed by atoms with Crippen molar-refractivity contribution >= 4 is 5.91 Å². The molecule has 0 heterocycles. The lowest BCUT2D eigenvalue weighted by Gasteiger charge is -2.27. The summed E-state index contributed by atoms with van der Waals surface area (Å²) in [5.41, 5.74) is 7.89. The minimum absolute atomic E-state index is 0.0396. The van der Waals surface area contributed by atoms with Crippen LogP contribution in [0.3, 0.4) is 0 Å². The highest BCUT2D eigenvalue weighted by atomic mass is 19.4. The summed E-state index contributed by atoms with van der Waals surface area (Å²) in [4.78, 5) is 12.3. The van der Waals surface area contributed by atoms with E-state index in [2.05, 4.69) is 23.9 Å². The summed E-state index contributed by atoms with van der Waals surface area (Å²) in [6.45, 7) is 5.26. The molecule has 0 unspecified atom stereocenters. The molecule has 3 atom stereocenters. The number of benzene rings is 2. The van der Waals surface area contributed by atoms with Crippen molar-refractivity contribution in [2.24, 2.45) is 17.6 Å². The molecule has 0 spiro atoms. The summed E-state index contributed by atoms with van der Waals surface area (Å²) in [5, 5.41) is 13.3. The molecule has 4 N–H and O–H groups in total. The second-order valence-electron chi connectivity index (χ2n) is 10.0. The van der Waals surface area contributed by atoms with Crippen LogP contribution in [0.25, 0.3) is 0 Å². The number of alkyl halides is 3. The molecule has 11 heteroatoms. The van der Waals surface area contributed by atoms with E-state index in [9.17, 15) is 23.1 Å². The van der Waals surface area contributed by atoms with Gasteiger partial charge >= 0.3 is 6.36 Å². The number of aliphatic hydroxyl groups excluding tert-OH is 1. The normalized spacial score (nSPS) is 13.9. The van der Waals surface area contributed by atoms with Gasteiger partial charge in [-0.1, -0.05) is 32.0 Å². The van der Waals surface area contributed by atoms with Gasteiger partial charge in [0.1, 0.15) is 5.75 Å². The quantitative estimate of drug-likeness (QED) is 0.244. The molecule has 0 radical (unpaired) electrons. The molecule has 0 fully saturated rings. The Hall–Kier alpha value is -3.02. The Labute approximate surface area is 233 Å². The number of halogens is 3. The second kappa shape index (κ2) is 16.3. The van der Waals surface area contributed by atoms with Crippen molar-refractivity contribution in [3.63, 3.8) is 0 Å². The Morgan fingerprint density at radius 2 is 1.70 bits per heavy atom. The molecular formula is C29H41F3N2O6. The molecule has 0 saturated heterocycles.